The molecule has 2 rings (SSSR count). The van der Waals surface area contributed by atoms with Crippen LogP contribution in [0.5, 0.6) is 5.75 Å². The van der Waals surface area contributed by atoms with Gasteiger partial charge in [0.25, 0.3) is 5.91 Å². The standard InChI is InChI=1S/C13H16N2O3/c1-13(11(16)14-12(17)15-13)8-7-9-3-5-10(18-2)6-4-9/h3-6H,7-8H2,1-2H3,(H2,14,15,16,17)/t13-/m0/s1. The molecule has 0 aromatic heterocycles. The molecule has 3 amide bonds. The zero-order valence-electron chi connectivity index (χ0n) is 10.4. The topological polar surface area (TPSA) is 67.4 Å². The van der Waals surface area contributed by atoms with E-state index >= 15 is 0 Å². The van der Waals surface area contributed by atoms with Crippen molar-refractivity contribution in [1.82, 2.24) is 10.6 Å². The van der Waals surface area contributed by atoms with Crippen LogP contribution in [0.2, 0.25) is 0 Å². The molecule has 1 saturated heterocycles. The average molecular weight is 248 g/mol. The van der Waals surface area contributed by atoms with Gasteiger partial charge in [-0.15, -0.1) is 0 Å². The first kappa shape index (κ1) is 12.4. The van der Waals surface area contributed by atoms with Crippen LogP contribution in [0.4, 0.5) is 4.79 Å². The molecule has 96 valence electrons. The van der Waals surface area contributed by atoms with Crippen LogP contribution in [0, 0.1) is 0 Å². The molecule has 1 aromatic rings. The Morgan fingerprint density at radius 1 is 1.22 bits per heavy atom. The number of rotatable bonds is 4. The Balaban J connectivity index is 1.98. The number of imide groups is 1. The Bertz CT molecular complexity index is 470. The van der Waals surface area contributed by atoms with Crippen LogP contribution in [0.1, 0.15) is 18.9 Å². The maximum atomic E-state index is 11.6. The summed E-state index contributed by atoms with van der Waals surface area (Å²) >= 11 is 0. The number of amides is 3. The van der Waals surface area contributed by atoms with Gasteiger partial charge in [-0.1, -0.05) is 12.1 Å². The number of urea groups is 1. The number of ether oxygens (including phenoxy) is 1. The van der Waals surface area contributed by atoms with Crippen molar-refractivity contribution in [3.05, 3.63) is 29.8 Å². The van der Waals surface area contributed by atoms with E-state index in [0.29, 0.717) is 12.8 Å². The number of methoxy groups -OCH3 is 1. The third kappa shape index (κ3) is 2.45. The molecule has 0 radical (unpaired) electrons. The molecule has 1 atom stereocenters. The minimum absolute atomic E-state index is 0.263. The fourth-order valence-corrected chi connectivity index (χ4v) is 1.94. The first-order chi connectivity index (χ1) is 8.53. The van der Waals surface area contributed by atoms with E-state index < -0.39 is 11.6 Å². The highest BCUT2D eigenvalue weighted by Gasteiger charge is 2.41. The molecule has 18 heavy (non-hydrogen) atoms. The molecule has 0 saturated carbocycles. The van der Waals surface area contributed by atoms with Gasteiger partial charge < -0.3 is 10.1 Å². The number of carbonyl (C=O) groups is 2. The lowest BCUT2D eigenvalue weighted by Gasteiger charge is -2.20. The van der Waals surface area contributed by atoms with Gasteiger partial charge in [0.15, 0.2) is 0 Å². The lowest BCUT2D eigenvalue weighted by molar-refractivity contribution is -0.123. The first-order valence-corrected chi connectivity index (χ1v) is 5.80. The summed E-state index contributed by atoms with van der Waals surface area (Å²) in [6.07, 6.45) is 1.28. The van der Waals surface area contributed by atoms with Crippen LogP contribution in [0.25, 0.3) is 0 Å². The van der Waals surface area contributed by atoms with Crippen LogP contribution in [-0.4, -0.2) is 24.6 Å². The lowest BCUT2D eigenvalue weighted by Crippen LogP contribution is -2.43. The Kier molecular flexibility index (Phi) is 3.23. The molecule has 0 aliphatic carbocycles. The maximum absolute atomic E-state index is 11.6. The van der Waals surface area contributed by atoms with Crippen LogP contribution in [0.15, 0.2) is 24.3 Å². The van der Waals surface area contributed by atoms with E-state index in [4.69, 9.17) is 4.74 Å². The highest BCUT2D eigenvalue weighted by Crippen LogP contribution is 2.19. The summed E-state index contributed by atoms with van der Waals surface area (Å²) in [5.41, 5.74) is 0.294. The second kappa shape index (κ2) is 4.68. The van der Waals surface area contributed by atoms with Crippen molar-refractivity contribution in [1.29, 1.82) is 0 Å². The van der Waals surface area contributed by atoms with Crippen LogP contribution in [-0.2, 0) is 11.2 Å². The van der Waals surface area contributed by atoms with Crippen molar-refractivity contribution in [3.8, 4) is 5.75 Å². The van der Waals surface area contributed by atoms with Gasteiger partial charge in [-0.3, -0.25) is 10.1 Å². The van der Waals surface area contributed by atoms with Gasteiger partial charge in [0, 0.05) is 0 Å². The molecule has 1 aliphatic rings. The van der Waals surface area contributed by atoms with Gasteiger partial charge in [-0.05, 0) is 37.5 Å². The van der Waals surface area contributed by atoms with Crippen molar-refractivity contribution < 1.29 is 14.3 Å². The Hall–Kier alpha value is -2.04. The zero-order valence-corrected chi connectivity index (χ0v) is 10.4. The zero-order chi connectivity index (χ0) is 13.2. The van der Waals surface area contributed by atoms with Crippen molar-refractivity contribution in [3.63, 3.8) is 0 Å². The van der Waals surface area contributed by atoms with Gasteiger partial charge >= 0.3 is 6.03 Å². The van der Waals surface area contributed by atoms with Gasteiger partial charge in [-0.2, -0.15) is 0 Å². The molecule has 1 aliphatic heterocycles. The molecule has 0 unspecified atom stereocenters. The Labute approximate surface area is 106 Å². The van der Waals surface area contributed by atoms with E-state index in [2.05, 4.69) is 10.6 Å². The van der Waals surface area contributed by atoms with Crippen LogP contribution < -0.4 is 15.4 Å². The molecular weight excluding hydrogens is 232 g/mol. The largest absolute Gasteiger partial charge is 0.497 e. The minimum atomic E-state index is -0.809. The molecular formula is C13H16N2O3. The quantitative estimate of drug-likeness (QED) is 0.787. The van der Waals surface area contributed by atoms with E-state index in [0.717, 1.165) is 11.3 Å². The van der Waals surface area contributed by atoms with E-state index in [9.17, 15) is 9.59 Å². The summed E-state index contributed by atoms with van der Waals surface area (Å²) in [6.45, 7) is 1.73. The molecule has 0 bridgehead atoms. The summed E-state index contributed by atoms with van der Waals surface area (Å²) in [5, 5.41) is 4.90. The molecule has 2 N–H and O–H groups in total. The van der Waals surface area contributed by atoms with E-state index in [-0.39, 0.29) is 5.91 Å². The molecule has 5 heteroatoms. The van der Waals surface area contributed by atoms with Gasteiger partial charge in [0.2, 0.25) is 0 Å². The summed E-state index contributed by atoms with van der Waals surface area (Å²) in [5.74, 6) is 0.540. The average Bonchev–Trinajstić information content (AvgIpc) is 2.61. The van der Waals surface area contributed by atoms with Crippen LogP contribution >= 0.6 is 0 Å². The van der Waals surface area contributed by atoms with Gasteiger partial charge in [0.05, 0.1) is 7.11 Å². The van der Waals surface area contributed by atoms with E-state index in [1.54, 1.807) is 14.0 Å². The predicted octanol–water partition coefficient (Wildman–Crippen LogP) is 1.23. The minimum Gasteiger partial charge on any atom is -0.497 e. The number of nitrogens with one attached hydrogen (secondary N) is 2. The Morgan fingerprint density at radius 2 is 1.89 bits per heavy atom. The molecule has 1 fully saturated rings. The van der Waals surface area contributed by atoms with Gasteiger partial charge in [0.1, 0.15) is 11.3 Å². The van der Waals surface area contributed by atoms with Crippen molar-refractivity contribution in [2.24, 2.45) is 0 Å². The van der Waals surface area contributed by atoms with Crippen molar-refractivity contribution in [2.75, 3.05) is 7.11 Å². The first-order valence-electron chi connectivity index (χ1n) is 5.80. The smallest absolute Gasteiger partial charge is 0.322 e. The summed E-state index contributed by atoms with van der Waals surface area (Å²) in [7, 11) is 1.62. The van der Waals surface area contributed by atoms with Gasteiger partial charge in [-0.25, -0.2) is 4.79 Å². The third-order valence-corrected chi connectivity index (χ3v) is 3.19. The lowest BCUT2D eigenvalue weighted by atomic mass is 9.93. The van der Waals surface area contributed by atoms with Crippen molar-refractivity contribution in [2.45, 2.75) is 25.3 Å². The molecule has 1 heterocycles. The third-order valence-electron chi connectivity index (χ3n) is 3.19. The van der Waals surface area contributed by atoms with E-state index in [1.807, 2.05) is 24.3 Å². The second-order valence-corrected chi connectivity index (χ2v) is 4.59. The summed E-state index contributed by atoms with van der Waals surface area (Å²) < 4.78 is 5.08. The summed E-state index contributed by atoms with van der Waals surface area (Å²) in [6, 6.07) is 7.25. The summed E-state index contributed by atoms with van der Waals surface area (Å²) in [4.78, 5) is 22.7. The SMILES string of the molecule is COc1ccc(CC[C@]2(C)NC(=O)NC2=O)cc1. The second-order valence-electron chi connectivity index (χ2n) is 4.59. The Morgan fingerprint density at radius 3 is 2.39 bits per heavy atom. The molecule has 0 spiro atoms. The predicted molar refractivity (Wildman–Crippen MR) is 66.4 cm³/mol. The number of carbonyl (C=O) groups excluding carboxylic acids is 2. The highest BCUT2D eigenvalue weighted by molar-refractivity contribution is 6.06. The monoisotopic (exact) mass is 248 g/mol. The van der Waals surface area contributed by atoms with Crippen molar-refractivity contribution >= 4 is 11.9 Å². The molecule has 5 nitrogen and oxygen atoms in total. The highest BCUT2D eigenvalue weighted by atomic mass is 16.5. The number of hydrogen-bond donors (Lipinski definition) is 2. The maximum Gasteiger partial charge on any atom is 0.322 e. The number of aryl methyl sites for hydroxylation is 1. The van der Waals surface area contributed by atoms with Crippen LogP contribution in [0.3, 0.4) is 0 Å². The number of benzene rings is 1. The number of hydrogen-bond acceptors (Lipinski definition) is 3. The molecule has 1 aromatic carbocycles. The van der Waals surface area contributed by atoms with E-state index in [1.165, 1.54) is 0 Å². The fourth-order valence-electron chi connectivity index (χ4n) is 1.94. The normalized spacial score (nSPS) is 22.6. The fraction of sp³-hybridized carbons (Fsp3) is 0.385.